The summed E-state index contributed by atoms with van der Waals surface area (Å²) in [5.41, 5.74) is 4.61. The van der Waals surface area contributed by atoms with E-state index in [4.69, 9.17) is 0 Å². The summed E-state index contributed by atoms with van der Waals surface area (Å²) < 4.78 is 4.00. The van der Waals surface area contributed by atoms with Crippen LogP contribution in [0.15, 0.2) is 17.5 Å². The van der Waals surface area contributed by atoms with Crippen LogP contribution in [0.4, 0.5) is 9.59 Å². The van der Waals surface area contributed by atoms with Crippen molar-refractivity contribution in [1.82, 2.24) is 5.32 Å². The van der Waals surface area contributed by atoms with Crippen LogP contribution in [0.3, 0.4) is 0 Å². The van der Waals surface area contributed by atoms with Crippen molar-refractivity contribution in [2.75, 3.05) is 6.54 Å². The Hall–Kier alpha value is -1.60. The molecule has 0 saturated heterocycles. The molecule has 0 spiro atoms. The summed E-state index contributed by atoms with van der Waals surface area (Å²) in [5, 5.41) is 13.5. The molecule has 1 atom stereocenters. The van der Waals surface area contributed by atoms with Gasteiger partial charge in [0.1, 0.15) is 6.10 Å². The van der Waals surface area contributed by atoms with Crippen LogP contribution in [-0.2, 0) is 4.74 Å². The number of rotatable bonds is 3. The largest absolute Gasteiger partial charge is 0.416 e. The molecule has 0 saturated carbocycles. The highest BCUT2D eigenvalue weighted by Crippen LogP contribution is 2.17. The molecule has 0 aliphatic rings. The SMILES string of the molecule is NC(=O)OC(=O)NCC(O)c1cccs1. The molecule has 1 heterocycles. The van der Waals surface area contributed by atoms with Gasteiger partial charge in [-0.15, -0.1) is 11.3 Å². The second kappa shape index (κ2) is 5.32. The van der Waals surface area contributed by atoms with Gasteiger partial charge in [-0.05, 0) is 11.4 Å². The minimum absolute atomic E-state index is 0.0351. The second-order valence-corrected chi connectivity index (χ2v) is 3.60. The summed E-state index contributed by atoms with van der Waals surface area (Å²) >= 11 is 1.36. The number of ether oxygens (including phenoxy) is 1. The van der Waals surface area contributed by atoms with E-state index in [1.54, 1.807) is 17.5 Å². The minimum atomic E-state index is -1.18. The molecule has 6 nitrogen and oxygen atoms in total. The summed E-state index contributed by atoms with van der Waals surface area (Å²) in [7, 11) is 0. The number of nitrogens with one attached hydrogen (secondary N) is 1. The third-order valence-corrected chi connectivity index (χ3v) is 2.48. The number of aliphatic hydroxyl groups is 1. The summed E-state index contributed by atoms with van der Waals surface area (Å²) in [6.07, 6.45) is -2.97. The summed E-state index contributed by atoms with van der Waals surface area (Å²) in [5.74, 6) is 0. The van der Waals surface area contributed by atoms with Gasteiger partial charge in [-0.1, -0.05) is 6.07 Å². The van der Waals surface area contributed by atoms with Gasteiger partial charge >= 0.3 is 12.2 Å². The number of carbonyl (C=O) groups excluding carboxylic acids is 2. The lowest BCUT2D eigenvalue weighted by Gasteiger charge is -2.08. The quantitative estimate of drug-likeness (QED) is 0.661. The molecule has 7 heteroatoms. The van der Waals surface area contributed by atoms with Crippen molar-refractivity contribution in [2.24, 2.45) is 5.73 Å². The summed E-state index contributed by atoms with van der Waals surface area (Å²) in [6.45, 7) is -0.0351. The molecule has 0 fully saturated rings. The third kappa shape index (κ3) is 3.96. The van der Waals surface area contributed by atoms with Gasteiger partial charge in [-0.25, -0.2) is 9.59 Å². The molecule has 15 heavy (non-hydrogen) atoms. The molecule has 0 aromatic carbocycles. The van der Waals surface area contributed by atoms with Crippen molar-refractivity contribution in [2.45, 2.75) is 6.10 Å². The smallest absolute Gasteiger partial charge is 0.386 e. The van der Waals surface area contributed by atoms with Crippen LogP contribution in [0, 0.1) is 0 Å². The lowest BCUT2D eigenvalue weighted by molar-refractivity contribution is 0.143. The lowest BCUT2D eigenvalue weighted by Crippen LogP contribution is -2.32. The van der Waals surface area contributed by atoms with E-state index < -0.39 is 18.3 Å². The Labute approximate surface area is 89.7 Å². The van der Waals surface area contributed by atoms with Gasteiger partial charge in [0, 0.05) is 4.88 Å². The molecule has 1 unspecified atom stereocenters. The minimum Gasteiger partial charge on any atom is -0.386 e. The number of thiophene rings is 1. The molecule has 0 aliphatic carbocycles. The van der Waals surface area contributed by atoms with Gasteiger partial charge in [0.25, 0.3) is 0 Å². The average molecular weight is 230 g/mol. The van der Waals surface area contributed by atoms with E-state index >= 15 is 0 Å². The maximum Gasteiger partial charge on any atom is 0.416 e. The van der Waals surface area contributed by atoms with E-state index in [0.29, 0.717) is 0 Å². The predicted octanol–water partition coefficient (Wildman–Crippen LogP) is 0.586. The number of hydrogen-bond acceptors (Lipinski definition) is 5. The summed E-state index contributed by atoms with van der Waals surface area (Å²) in [6, 6.07) is 3.52. The normalized spacial score (nSPS) is 11.8. The van der Waals surface area contributed by atoms with Gasteiger partial charge in [-0.3, -0.25) is 0 Å². The van der Waals surface area contributed by atoms with Crippen molar-refractivity contribution in [1.29, 1.82) is 0 Å². The van der Waals surface area contributed by atoms with E-state index in [-0.39, 0.29) is 6.54 Å². The molecule has 82 valence electrons. The Kier molecular flexibility index (Phi) is 4.07. The number of hydrogen-bond donors (Lipinski definition) is 3. The zero-order chi connectivity index (χ0) is 11.3. The van der Waals surface area contributed by atoms with Crippen molar-refractivity contribution in [3.63, 3.8) is 0 Å². The second-order valence-electron chi connectivity index (χ2n) is 2.62. The van der Waals surface area contributed by atoms with E-state index in [9.17, 15) is 14.7 Å². The highest BCUT2D eigenvalue weighted by molar-refractivity contribution is 7.10. The van der Waals surface area contributed by atoms with E-state index in [0.717, 1.165) is 4.88 Å². The number of aliphatic hydroxyl groups excluding tert-OH is 1. The maximum atomic E-state index is 10.8. The van der Waals surface area contributed by atoms with E-state index in [1.165, 1.54) is 11.3 Å². The Morgan fingerprint density at radius 3 is 2.93 bits per heavy atom. The fourth-order valence-corrected chi connectivity index (χ4v) is 1.60. The van der Waals surface area contributed by atoms with Crippen molar-refractivity contribution < 1.29 is 19.4 Å². The van der Waals surface area contributed by atoms with Crippen LogP contribution in [-0.4, -0.2) is 23.8 Å². The summed E-state index contributed by atoms with van der Waals surface area (Å²) in [4.78, 5) is 21.7. The first kappa shape index (κ1) is 11.5. The number of amides is 2. The third-order valence-electron chi connectivity index (χ3n) is 1.50. The Morgan fingerprint density at radius 1 is 1.67 bits per heavy atom. The molecule has 4 N–H and O–H groups in total. The van der Waals surface area contributed by atoms with Crippen LogP contribution >= 0.6 is 11.3 Å². The van der Waals surface area contributed by atoms with Gasteiger partial charge in [-0.2, -0.15) is 0 Å². The van der Waals surface area contributed by atoms with E-state index in [2.05, 4.69) is 15.8 Å². The molecule has 0 radical (unpaired) electrons. The first-order valence-corrected chi connectivity index (χ1v) is 4.94. The maximum absolute atomic E-state index is 10.8. The van der Waals surface area contributed by atoms with Gasteiger partial charge < -0.3 is 20.9 Å². The van der Waals surface area contributed by atoms with Crippen LogP contribution in [0.1, 0.15) is 11.0 Å². The standard InChI is InChI=1S/C8H10N2O4S/c9-7(12)14-8(13)10-4-5(11)6-2-1-3-15-6/h1-3,5,11H,4H2,(H2,9,12)(H,10,13). The first-order valence-electron chi connectivity index (χ1n) is 4.06. The van der Waals surface area contributed by atoms with Gasteiger partial charge in [0.05, 0.1) is 6.54 Å². The molecule has 1 aromatic heterocycles. The first-order chi connectivity index (χ1) is 7.09. The molecule has 2 amide bonds. The Morgan fingerprint density at radius 2 is 2.40 bits per heavy atom. The molecule has 0 bridgehead atoms. The molecule has 1 rings (SSSR count). The fraction of sp³-hybridized carbons (Fsp3) is 0.250. The number of alkyl carbamates (subject to hydrolysis) is 1. The predicted molar refractivity (Wildman–Crippen MR) is 53.3 cm³/mol. The number of primary amides is 1. The zero-order valence-electron chi connectivity index (χ0n) is 7.67. The molecule has 1 aromatic rings. The van der Waals surface area contributed by atoms with E-state index in [1.807, 2.05) is 0 Å². The number of carbonyl (C=O) groups is 2. The highest BCUT2D eigenvalue weighted by Gasteiger charge is 2.11. The van der Waals surface area contributed by atoms with Crippen LogP contribution in [0.25, 0.3) is 0 Å². The van der Waals surface area contributed by atoms with Crippen LogP contribution < -0.4 is 11.1 Å². The highest BCUT2D eigenvalue weighted by atomic mass is 32.1. The lowest BCUT2D eigenvalue weighted by atomic mass is 10.3. The van der Waals surface area contributed by atoms with Crippen molar-refractivity contribution in [3.05, 3.63) is 22.4 Å². The van der Waals surface area contributed by atoms with Crippen LogP contribution in [0.2, 0.25) is 0 Å². The number of nitrogens with two attached hydrogens (primary N) is 1. The molecule has 0 aliphatic heterocycles. The monoisotopic (exact) mass is 230 g/mol. The fourth-order valence-electron chi connectivity index (χ4n) is 0.889. The molecular formula is C8H10N2O4S. The Balaban J connectivity index is 2.31. The Bertz CT molecular complexity index is 338. The average Bonchev–Trinajstić information content (AvgIpc) is 2.65. The van der Waals surface area contributed by atoms with Crippen molar-refractivity contribution in [3.8, 4) is 0 Å². The van der Waals surface area contributed by atoms with Crippen molar-refractivity contribution >= 4 is 23.5 Å². The van der Waals surface area contributed by atoms with Crippen LogP contribution in [0.5, 0.6) is 0 Å². The zero-order valence-corrected chi connectivity index (χ0v) is 8.49. The van der Waals surface area contributed by atoms with Gasteiger partial charge in [0.15, 0.2) is 0 Å². The topological polar surface area (TPSA) is 102 Å². The molecular weight excluding hydrogens is 220 g/mol. The van der Waals surface area contributed by atoms with Gasteiger partial charge in [0.2, 0.25) is 0 Å².